The van der Waals surface area contributed by atoms with E-state index in [4.69, 9.17) is 0 Å². The number of carbonyl (C=O) groups excluding carboxylic acids is 1. The Morgan fingerprint density at radius 1 is 1.32 bits per heavy atom. The smallest absolute Gasteiger partial charge is 0.319 e. The van der Waals surface area contributed by atoms with Gasteiger partial charge in [0, 0.05) is 0 Å². The molecule has 1 aromatic rings. The van der Waals surface area contributed by atoms with Crippen LogP contribution in [0.1, 0.15) is 11.6 Å². The average molecular weight is 253 g/mol. The lowest BCUT2D eigenvalue weighted by molar-refractivity contribution is -0.139. The Balaban J connectivity index is 2.19. The van der Waals surface area contributed by atoms with Gasteiger partial charge in [0.2, 0.25) is 0 Å². The van der Waals surface area contributed by atoms with E-state index in [1.165, 1.54) is 7.11 Å². The molecule has 96 valence electrons. The van der Waals surface area contributed by atoms with Crippen LogP contribution in [0.15, 0.2) is 65.6 Å². The number of hydrogen-bond donors (Lipinski definition) is 1. The van der Waals surface area contributed by atoms with Gasteiger partial charge in [0.25, 0.3) is 0 Å². The van der Waals surface area contributed by atoms with Crippen molar-refractivity contribution < 1.29 is 9.53 Å². The van der Waals surface area contributed by atoms with Crippen molar-refractivity contribution in [3.8, 4) is 0 Å². The van der Waals surface area contributed by atoms with E-state index in [9.17, 15) is 4.79 Å². The Morgan fingerprint density at radius 3 is 2.74 bits per heavy atom. The normalized spacial score (nSPS) is 14.1. The zero-order valence-corrected chi connectivity index (χ0v) is 10.7. The third-order valence-corrected chi connectivity index (χ3v) is 2.83. The number of rotatable bonds is 5. The van der Waals surface area contributed by atoms with Gasteiger partial charge in [-0.3, -0.25) is 10.1 Å². The van der Waals surface area contributed by atoms with E-state index in [0.717, 1.165) is 11.1 Å². The van der Waals surface area contributed by atoms with Crippen molar-refractivity contribution in [1.29, 1.82) is 0 Å². The third-order valence-electron chi connectivity index (χ3n) is 2.83. The fourth-order valence-electron chi connectivity index (χ4n) is 1.87. The first-order chi connectivity index (χ1) is 9.31. The van der Waals surface area contributed by atoms with Gasteiger partial charge in [0.1, 0.15) is 0 Å². The summed E-state index contributed by atoms with van der Waals surface area (Å²) in [6.45, 7) is 0.161. The minimum Gasteiger partial charge on any atom is -0.468 e. The third kappa shape index (κ3) is 3.57. The van der Waals surface area contributed by atoms with E-state index in [1.54, 1.807) is 0 Å². The molecule has 3 nitrogen and oxygen atoms in total. The van der Waals surface area contributed by atoms with Crippen molar-refractivity contribution in [3.63, 3.8) is 0 Å². The molecule has 1 aliphatic rings. The topological polar surface area (TPSA) is 38.3 Å². The van der Waals surface area contributed by atoms with Gasteiger partial charge in [-0.15, -0.1) is 0 Å². The molecule has 0 saturated heterocycles. The molecule has 0 aromatic heterocycles. The highest BCUT2D eigenvalue weighted by atomic mass is 16.5. The Kier molecular flexibility index (Phi) is 4.54. The maximum atomic E-state index is 11.3. The maximum absolute atomic E-state index is 11.3. The van der Waals surface area contributed by atoms with Crippen LogP contribution in [0, 0.1) is 0 Å². The molecule has 2 rings (SSSR count). The second-order valence-electron chi connectivity index (χ2n) is 4.07. The molecule has 0 fully saturated rings. The molecule has 1 atom stereocenters. The van der Waals surface area contributed by atoms with Crippen LogP contribution in [0.4, 0.5) is 0 Å². The summed E-state index contributed by atoms with van der Waals surface area (Å²) in [6, 6.07) is 9.89. The highest BCUT2D eigenvalue weighted by Gasteiger charge is 2.16. The number of allylic oxidation sites excluding steroid dienone is 2. The van der Waals surface area contributed by atoms with Crippen LogP contribution in [-0.2, 0) is 9.53 Å². The average Bonchev–Trinajstić information content (AvgIpc) is 2.49. The molecule has 19 heavy (non-hydrogen) atoms. The van der Waals surface area contributed by atoms with E-state index in [2.05, 4.69) is 21.5 Å². The number of nitrogens with one attached hydrogen (secondary N) is 1. The lowest BCUT2D eigenvalue weighted by Crippen LogP contribution is -2.29. The quantitative estimate of drug-likeness (QED) is 0.646. The summed E-state index contributed by atoms with van der Waals surface area (Å²) in [5.41, 5.74) is 7.93. The Hall–Kier alpha value is -2.31. The molecule has 0 unspecified atom stereocenters. The Labute approximate surface area is 112 Å². The van der Waals surface area contributed by atoms with Gasteiger partial charge in [-0.25, -0.2) is 0 Å². The van der Waals surface area contributed by atoms with Gasteiger partial charge in [-0.05, 0) is 29.4 Å². The number of benzene rings is 1. The first-order valence-corrected chi connectivity index (χ1v) is 6.04. The summed E-state index contributed by atoms with van der Waals surface area (Å²) in [7, 11) is 1.38. The van der Waals surface area contributed by atoms with Crippen LogP contribution in [-0.4, -0.2) is 19.6 Å². The van der Waals surface area contributed by atoms with Gasteiger partial charge >= 0.3 is 5.97 Å². The largest absolute Gasteiger partial charge is 0.468 e. The van der Waals surface area contributed by atoms with E-state index in [1.807, 2.05) is 48.6 Å². The zero-order chi connectivity index (χ0) is 13.5. The van der Waals surface area contributed by atoms with Crippen LogP contribution in [0.25, 0.3) is 0 Å². The van der Waals surface area contributed by atoms with Gasteiger partial charge in [-0.2, -0.15) is 0 Å². The van der Waals surface area contributed by atoms with Crippen LogP contribution in [0.2, 0.25) is 0 Å². The second kappa shape index (κ2) is 6.58. The number of hydrogen-bond acceptors (Lipinski definition) is 3. The van der Waals surface area contributed by atoms with Crippen molar-refractivity contribution in [1.82, 2.24) is 5.32 Å². The fourth-order valence-corrected chi connectivity index (χ4v) is 1.87. The highest BCUT2D eigenvalue weighted by molar-refractivity contribution is 5.71. The lowest BCUT2D eigenvalue weighted by Gasteiger charge is -2.19. The lowest BCUT2D eigenvalue weighted by atomic mass is 9.97. The molecule has 3 heteroatoms. The molecular formula is C16H15NO2. The van der Waals surface area contributed by atoms with E-state index >= 15 is 0 Å². The minimum atomic E-state index is -0.285. The summed E-state index contributed by atoms with van der Waals surface area (Å²) in [6.07, 6.45) is 5.63. The number of carbonyl (C=O) groups is 1. The molecule has 1 aliphatic carbocycles. The molecule has 0 spiro atoms. The summed E-state index contributed by atoms with van der Waals surface area (Å²) >= 11 is 0. The Morgan fingerprint density at radius 2 is 2.11 bits per heavy atom. The predicted octanol–water partition coefficient (Wildman–Crippen LogP) is 2.30. The van der Waals surface area contributed by atoms with Crippen LogP contribution in [0.3, 0.4) is 0 Å². The van der Waals surface area contributed by atoms with Crippen molar-refractivity contribution >= 4 is 5.97 Å². The van der Waals surface area contributed by atoms with Crippen LogP contribution in [0.5, 0.6) is 0 Å². The molecule has 1 N–H and O–H groups in total. The first-order valence-electron chi connectivity index (χ1n) is 6.04. The van der Waals surface area contributed by atoms with Crippen LogP contribution < -0.4 is 5.32 Å². The standard InChI is InChI=1S/C16H15NO2/c1-19-15(18)12-17-16(13-8-4-2-5-9-13)14-10-6-3-7-11-14/h2,4-6,8-11,16-17H,12H2,1H3/t16-/m1/s1. The molecule has 0 saturated carbocycles. The van der Waals surface area contributed by atoms with Gasteiger partial charge in [0.05, 0.1) is 19.7 Å². The fraction of sp³-hybridized carbons (Fsp3) is 0.188. The van der Waals surface area contributed by atoms with E-state index < -0.39 is 0 Å². The number of ether oxygens (including phenoxy) is 1. The van der Waals surface area contributed by atoms with E-state index in [0.29, 0.717) is 0 Å². The number of esters is 1. The summed E-state index contributed by atoms with van der Waals surface area (Å²) in [4.78, 5) is 11.3. The zero-order valence-electron chi connectivity index (χ0n) is 10.7. The van der Waals surface area contributed by atoms with Crippen LogP contribution >= 0.6 is 0 Å². The summed E-state index contributed by atoms with van der Waals surface area (Å²) in [5.74, 6) is -0.285. The van der Waals surface area contributed by atoms with E-state index in [-0.39, 0.29) is 18.6 Å². The monoisotopic (exact) mass is 253 g/mol. The van der Waals surface area contributed by atoms with Gasteiger partial charge < -0.3 is 4.74 Å². The molecular weight excluding hydrogens is 238 g/mol. The number of methoxy groups -OCH3 is 1. The first kappa shape index (κ1) is 13.1. The van der Waals surface area contributed by atoms with Crippen molar-refractivity contribution in [3.05, 3.63) is 71.2 Å². The minimum absolute atomic E-state index is 0.0638. The van der Waals surface area contributed by atoms with Gasteiger partial charge in [0.15, 0.2) is 0 Å². The summed E-state index contributed by atoms with van der Waals surface area (Å²) < 4.78 is 4.66. The molecule has 0 radical (unpaired) electrons. The summed E-state index contributed by atoms with van der Waals surface area (Å²) in [5, 5.41) is 3.19. The van der Waals surface area contributed by atoms with Crippen molar-refractivity contribution in [2.24, 2.45) is 0 Å². The van der Waals surface area contributed by atoms with Crippen molar-refractivity contribution in [2.45, 2.75) is 6.04 Å². The van der Waals surface area contributed by atoms with Gasteiger partial charge in [-0.1, -0.05) is 41.8 Å². The maximum Gasteiger partial charge on any atom is 0.319 e. The second-order valence-corrected chi connectivity index (χ2v) is 4.07. The van der Waals surface area contributed by atoms with Crippen molar-refractivity contribution in [2.75, 3.05) is 13.7 Å². The Bertz CT molecular complexity index is 574. The molecule has 0 aliphatic heterocycles. The SMILES string of the molecule is COC(=O)CN[C@@H](C1=CC=C=C=C1)c1ccccc1. The highest BCUT2D eigenvalue weighted by Crippen LogP contribution is 2.23. The molecule has 0 bridgehead atoms. The molecule has 1 aromatic carbocycles. The predicted molar refractivity (Wildman–Crippen MR) is 73.5 cm³/mol. The molecule has 0 amide bonds. The molecule has 0 heterocycles.